The van der Waals surface area contributed by atoms with Gasteiger partial charge in [-0.2, -0.15) is 9.78 Å². The van der Waals surface area contributed by atoms with Crippen molar-refractivity contribution in [3.05, 3.63) is 82.4 Å². The summed E-state index contributed by atoms with van der Waals surface area (Å²) >= 11 is 0. The SMILES string of the molecule is Cc1nc2ccccc2c(=O)n1N=C/C=C/c1ccccc1. The van der Waals surface area contributed by atoms with Gasteiger partial charge in [-0.1, -0.05) is 48.5 Å². The van der Waals surface area contributed by atoms with Crippen molar-refractivity contribution >= 4 is 23.2 Å². The van der Waals surface area contributed by atoms with Crippen molar-refractivity contribution in [1.29, 1.82) is 0 Å². The Morgan fingerprint density at radius 3 is 2.59 bits per heavy atom. The highest BCUT2D eigenvalue weighted by atomic mass is 16.1. The summed E-state index contributed by atoms with van der Waals surface area (Å²) in [5.41, 5.74) is 1.61. The maximum Gasteiger partial charge on any atom is 0.282 e. The molecule has 0 saturated carbocycles. The van der Waals surface area contributed by atoms with Crippen molar-refractivity contribution in [2.24, 2.45) is 5.10 Å². The second-order valence-corrected chi connectivity index (χ2v) is 4.83. The van der Waals surface area contributed by atoms with Gasteiger partial charge < -0.3 is 0 Å². The van der Waals surface area contributed by atoms with Gasteiger partial charge in [-0.25, -0.2) is 4.98 Å². The lowest BCUT2D eigenvalue weighted by Crippen LogP contribution is -2.20. The number of hydrogen-bond donors (Lipinski definition) is 0. The normalized spacial score (nSPS) is 11.7. The molecular formula is C18H15N3O. The number of aryl methyl sites for hydroxylation is 1. The molecule has 0 saturated heterocycles. The Hall–Kier alpha value is -3.01. The molecule has 0 atom stereocenters. The fraction of sp³-hybridized carbons (Fsp3) is 0.0556. The fourth-order valence-corrected chi connectivity index (χ4v) is 2.19. The van der Waals surface area contributed by atoms with Gasteiger partial charge in [0.1, 0.15) is 5.82 Å². The fourth-order valence-electron chi connectivity index (χ4n) is 2.19. The molecule has 0 unspecified atom stereocenters. The molecule has 0 amide bonds. The number of para-hydroxylation sites is 1. The maximum absolute atomic E-state index is 12.4. The summed E-state index contributed by atoms with van der Waals surface area (Å²) in [6.07, 6.45) is 5.33. The van der Waals surface area contributed by atoms with Gasteiger partial charge in [-0.3, -0.25) is 4.79 Å². The number of aromatic nitrogens is 2. The third kappa shape index (κ3) is 2.86. The molecule has 2 aromatic carbocycles. The summed E-state index contributed by atoms with van der Waals surface area (Å²) in [4.78, 5) is 16.8. The van der Waals surface area contributed by atoms with Gasteiger partial charge in [0.2, 0.25) is 0 Å². The van der Waals surface area contributed by atoms with Crippen molar-refractivity contribution in [2.45, 2.75) is 6.92 Å². The van der Waals surface area contributed by atoms with Crippen molar-refractivity contribution < 1.29 is 0 Å². The van der Waals surface area contributed by atoms with E-state index in [9.17, 15) is 4.79 Å². The lowest BCUT2D eigenvalue weighted by atomic mass is 10.2. The molecule has 1 heterocycles. The van der Waals surface area contributed by atoms with E-state index in [1.807, 2.05) is 54.6 Å². The Bertz CT molecular complexity index is 909. The van der Waals surface area contributed by atoms with Crippen LogP contribution >= 0.6 is 0 Å². The number of hydrogen-bond acceptors (Lipinski definition) is 3. The van der Waals surface area contributed by atoms with E-state index in [1.165, 1.54) is 4.68 Å². The Labute approximate surface area is 128 Å². The largest absolute Gasteiger partial charge is 0.282 e. The van der Waals surface area contributed by atoms with Crippen LogP contribution in [0.1, 0.15) is 11.4 Å². The highest BCUT2D eigenvalue weighted by Crippen LogP contribution is 2.07. The predicted molar refractivity (Wildman–Crippen MR) is 90.1 cm³/mol. The minimum Gasteiger partial charge on any atom is -0.267 e. The molecule has 0 fully saturated rings. The minimum absolute atomic E-state index is 0.160. The highest BCUT2D eigenvalue weighted by Gasteiger charge is 2.05. The summed E-state index contributed by atoms with van der Waals surface area (Å²) in [7, 11) is 0. The van der Waals surface area contributed by atoms with Gasteiger partial charge in [-0.15, -0.1) is 0 Å². The first kappa shape index (κ1) is 13.9. The first-order chi connectivity index (χ1) is 10.8. The van der Waals surface area contributed by atoms with Crippen LogP contribution in [0, 0.1) is 6.92 Å². The molecular weight excluding hydrogens is 274 g/mol. The van der Waals surface area contributed by atoms with Crippen molar-refractivity contribution in [2.75, 3.05) is 0 Å². The van der Waals surface area contributed by atoms with Crippen molar-refractivity contribution in [3.8, 4) is 0 Å². The Morgan fingerprint density at radius 2 is 1.77 bits per heavy atom. The van der Waals surface area contributed by atoms with E-state index in [1.54, 1.807) is 25.3 Å². The molecule has 4 nitrogen and oxygen atoms in total. The van der Waals surface area contributed by atoms with E-state index in [0.717, 1.165) is 5.56 Å². The maximum atomic E-state index is 12.4. The van der Waals surface area contributed by atoms with Gasteiger partial charge >= 0.3 is 0 Å². The average molecular weight is 289 g/mol. The summed E-state index contributed by atoms with van der Waals surface area (Å²) in [5.74, 6) is 0.563. The van der Waals surface area contributed by atoms with Gasteiger partial charge in [-0.05, 0) is 30.7 Å². The average Bonchev–Trinajstić information content (AvgIpc) is 2.55. The summed E-state index contributed by atoms with van der Waals surface area (Å²) in [6, 6.07) is 17.2. The molecule has 0 spiro atoms. The number of allylic oxidation sites excluding steroid dienone is 1. The van der Waals surface area contributed by atoms with E-state index in [2.05, 4.69) is 10.1 Å². The molecule has 0 bridgehead atoms. The van der Waals surface area contributed by atoms with Gasteiger partial charge in [0, 0.05) is 6.21 Å². The standard InChI is InChI=1S/C18H15N3O/c1-14-20-17-12-6-5-11-16(17)18(22)21(14)19-13-7-10-15-8-3-2-4-9-15/h2-13H,1H3/b10-7+,19-13?. The van der Waals surface area contributed by atoms with Gasteiger partial charge in [0.15, 0.2) is 0 Å². The zero-order valence-corrected chi connectivity index (χ0v) is 12.2. The number of benzene rings is 2. The molecule has 0 radical (unpaired) electrons. The Morgan fingerprint density at radius 1 is 1.05 bits per heavy atom. The predicted octanol–water partition coefficient (Wildman–Crippen LogP) is 3.25. The van der Waals surface area contributed by atoms with E-state index in [-0.39, 0.29) is 5.56 Å². The third-order valence-corrected chi connectivity index (χ3v) is 3.27. The number of rotatable bonds is 3. The highest BCUT2D eigenvalue weighted by molar-refractivity contribution is 5.79. The first-order valence-electron chi connectivity index (χ1n) is 7.00. The molecule has 0 N–H and O–H groups in total. The third-order valence-electron chi connectivity index (χ3n) is 3.27. The molecule has 3 aromatic rings. The Balaban J connectivity index is 1.92. The van der Waals surface area contributed by atoms with E-state index in [0.29, 0.717) is 16.7 Å². The van der Waals surface area contributed by atoms with Gasteiger partial charge in [0.25, 0.3) is 5.56 Å². The quantitative estimate of drug-likeness (QED) is 0.695. The van der Waals surface area contributed by atoms with Crippen LogP contribution < -0.4 is 5.56 Å². The topological polar surface area (TPSA) is 47.2 Å². The summed E-state index contributed by atoms with van der Waals surface area (Å²) in [5, 5.41) is 4.77. The van der Waals surface area contributed by atoms with Crippen LogP contribution in [0.15, 0.2) is 70.6 Å². The van der Waals surface area contributed by atoms with Crippen LogP contribution in [0.5, 0.6) is 0 Å². The van der Waals surface area contributed by atoms with Crippen LogP contribution in [0.4, 0.5) is 0 Å². The zero-order chi connectivity index (χ0) is 15.4. The number of nitrogens with zero attached hydrogens (tertiary/aromatic N) is 3. The van der Waals surface area contributed by atoms with Crippen LogP contribution in [-0.4, -0.2) is 15.9 Å². The lowest BCUT2D eigenvalue weighted by molar-refractivity contribution is 0.771. The van der Waals surface area contributed by atoms with Crippen LogP contribution in [0.3, 0.4) is 0 Å². The van der Waals surface area contributed by atoms with Crippen LogP contribution in [-0.2, 0) is 0 Å². The summed E-state index contributed by atoms with van der Waals surface area (Å²) in [6.45, 7) is 1.77. The van der Waals surface area contributed by atoms with E-state index in [4.69, 9.17) is 0 Å². The minimum atomic E-state index is -0.160. The van der Waals surface area contributed by atoms with Crippen LogP contribution in [0.25, 0.3) is 17.0 Å². The molecule has 3 rings (SSSR count). The van der Waals surface area contributed by atoms with Crippen molar-refractivity contribution in [1.82, 2.24) is 9.66 Å². The monoisotopic (exact) mass is 289 g/mol. The second-order valence-electron chi connectivity index (χ2n) is 4.83. The zero-order valence-electron chi connectivity index (χ0n) is 12.2. The first-order valence-corrected chi connectivity index (χ1v) is 7.00. The molecule has 1 aromatic heterocycles. The molecule has 4 heteroatoms. The Kier molecular flexibility index (Phi) is 3.92. The molecule has 0 aliphatic carbocycles. The van der Waals surface area contributed by atoms with Gasteiger partial charge in [0.05, 0.1) is 10.9 Å². The van der Waals surface area contributed by atoms with E-state index >= 15 is 0 Å². The molecule has 108 valence electrons. The summed E-state index contributed by atoms with van der Waals surface area (Å²) < 4.78 is 1.32. The molecule has 22 heavy (non-hydrogen) atoms. The lowest BCUT2D eigenvalue weighted by Gasteiger charge is -2.04. The smallest absolute Gasteiger partial charge is 0.267 e. The van der Waals surface area contributed by atoms with E-state index < -0.39 is 0 Å². The number of fused-ring (bicyclic) bond motifs is 1. The molecule has 0 aliphatic rings. The van der Waals surface area contributed by atoms with Crippen LogP contribution in [0.2, 0.25) is 0 Å². The van der Waals surface area contributed by atoms with Crippen molar-refractivity contribution in [3.63, 3.8) is 0 Å². The second kappa shape index (κ2) is 6.18. The molecule has 0 aliphatic heterocycles.